The predicted molar refractivity (Wildman–Crippen MR) is 98.7 cm³/mol. The van der Waals surface area contributed by atoms with E-state index in [9.17, 15) is 9.59 Å². The van der Waals surface area contributed by atoms with Gasteiger partial charge in [-0.25, -0.2) is 0 Å². The summed E-state index contributed by atoms with van der Waals surface area (Å²) >= 11 is 3.36. The summed E-state index contributed by atoms with van der Waals surface area (Å²) in [6, 6.07) is 8.17. The van der Waals surface area contributed by atoms with Crippen LogP contribution in [0, 0.1) is 0 Å². The van der Waals surface area contributed by atoms with Crippen molar-refractivity contribution in [3.05, 3.63) is 35.4 Å². The van der Waals surface area contributed by atoms with E-state index in [-0.39, 0.29) is 17.2 Å². The van der Waals surface area contributed by atoms with Crippen LogP contribution in [0.3, 0.4) is 0 Å². The van der Waals surface area contributed by atoms with Crippen LogP contribution < -0.4 is 5.32 Å². The van der Waals surface area contributed by atoms with Gasteiger partial charge in [0.25, 0.3) is 0 Å². The van der Waals surface area contributed by atoms with Gasteiger partial charge >= 0.3 is 0 Å². The summed E-state index contributed by atoms with van der Waals surface area (Å²) in [5.41, 5.74) is 2.38. The molecule has 1 aliphatic heterocycles. The first-order chi connectivity index (χ1) is 11.2. The van der Waals surface area contributed by atoms with Gasteiger partial charge in [0.1, 0.15) is 5.37 Å². The number of nitrogens with zero attached hydrogens (tertiary/aromatic N) is 1. The van der Waals surface area contributed by atoms with Crippen molar-refractivity contribution in [2.24, 2.45) is 0 Å². The maximum atomic E-state index is 12.4. The lowest BCUT2D eigenvalue weighted by molar-refractivity contribution is -0.132. The molecule has 23 heavy (non-hydrogen) atoms. The van der Waals surface area contributed by atoms with E-state index in [1.54, 1.807) is 23.5 Å². The van der Waals surface area contributed by atoms with E-state index < -0.39 is 0 Å². The van der Waals surface area contributed by atoms with Gasteiger partial charge < -0.3 is 10.2 Å². The summed E-state index contributed by atoms with van der Waals surface area (Å²) in [6.07, 6.45) is 5.86. The van der Waals surface area contributed by atoms with E-state index in [1.165, 1.54) is 5.56 Å². The molecule has 0 saturated carbocycles. The Morgan fingerprint density at radius 2 is 2.13 bits per heavy atom. The van der Waals surface area contributed by atoms with Gasteiger partial charge in [0, 0.05) is 25.3 Å². The molecular formula is C17H24N2O2S2. The van der Waals surface area contributed by atoms with Gasteiger partial charge in [-0.15, -0.1) is 11.8 Å². The van der Waals surface area contributed by atoms with Crippen molar-refractivity contribution >= 4 is 35.3 Å². The smallest absolute Gasteiger partial charge is 0.228 e. The number of hydrogen-bond donors (Lipinski definition) is 1. The summed E-state index contributed by atoms with van der Waals surface area (Å²) in [6.45, 7) is 1.31. The molecule has 1 aromatic rings. The number of thioether (sulfide) groups is 2. The number of carbonyl (C=O) groups excluding carboxylic acids is 2. The van der Waals surface area contributed by atoms with Gasteiger partial charge in [0.05, 0.1) is 6.42 Å². The summed E-state index contributed by atoms with van der Waals surface area (Å²) in [7, 11) is 0. The Morgan fingerprint density at radius 3 is 2.87 bits per heavy atom. The van der Waals surface area contributed by atoms with Crippen LogP contribution in [-0.2, 0) is 16.0 Å². The SMILES string of the molecule is CSCCC(=O)NCCCN1C(=O)Cc2ccccc2C1SC. The minimum Gasteiger partial charge on any atom is -0.356 e. The number of nitrogens with one attached hydrogen (secondary N) is 1. The molecule has 1 heterocycles. The van der Waals surface area contributed by atoms with Crippen molar-refractivity contribution in [3.63, 3.8) is 0 Å². The number of amides is 2. The second kappa shape index (κ2) is 9.23. The monoisotopic (exact) mass is 352 g/mol. The van der Waals surface area contributed by atoms with E-state index in [4.69, 9.17) is 0 Å². The first-order valence-corrected chi connectivity index (χ1v) is 10.5. The Morgan fingerprint density at radius 1 is 1.35 bits per heavy atom. The Hall–Kier alpha value is -1.14. The Bertz CT molecular complexity index is 551. The molecule has 2 rings (SSSR count). The van der Waals surface area contributed by atoms with E-state index >= 15 is 0 Å². The molecule has 0 aromatic heterocycles. The van der Waals surface area contributed by atoms with Crippen LogP contribution in [0.2, 0.25) is 0 Å². The number of fused-ring (bicyclic) bond motifs is 1. The van der Waals surface area contributed by atoms with Gasteiger partial charge in [0.15, 0.2) is 0 Å². The maximum Gasteiger partial charge on any atom is 0.228 e. The fourth-order valence-corrected chi connectivity index (χ4v) is 4.11. The molecule has 6 heteroatoms. The number of rotatable bonds is 8. The summed E-state index contributed by atoms with van der Waals surface area (Å²) in [5.74, 6) is 1.12. The molecular weight excluding hydrogens is 328 g/mol. The minimum atomic E-state index is 0.0830. The van der Waals surface area contributed by atoms with Crippen LogP contribution in [0.15, 0.2) is 24.3 Å². The second-order valence-corrected chi connectivity index (χ2v) is 7.40. The van der Waals surface area contributed by atoms with Crippen molar-refractivity contribution in [3.8, 4) is 0 Å². The normalized spacial score (nSPS) is 17.0. The molecule has 0 spiro atoms. The van der Waals surface area contributed by atoms with Crippen LogP contribution in [-0.4, -0.2) is 48.1 Å². The molecule has 1 unspecified atom stereocenters. The molecule has 1 atom stereocenters. The quantitative estimate of drug-likeness (QED) is 0.731. The van der Waals surface area contributed by atoms with E-state index in [0.717, 1.165) is 17.7 Å². The molecule has 0 bridgehead atoms. The van der Waals surface area contributed by atoms with Gasteiger partial charge in [-0.3, -0.25) is 9.59 Å². The standard InChI is InChI=1S/C17H24N2O2S2/c1-22-11-8-15(20)18-9-5-10-19-16(21)12-13-6-3-4-7-14(13)17(19)23-2/h3-4,6-7,17H,5,8-12H2,1-2H3,(H,18,20). The lowest BCUT2D eigenvalue weighted by Crippen LogP contribution is -2.40. The third-order valence-electron chi connectivity index (χ3n) is 3.92. The minimum absolute atomic E-state index is 0.0830. The summed E-state index contributed by atoms with van der Waals surface area (Å²) in [5, 5.41) is 3.01. The zero-order valence-corrected chi connectivity index (χ0v) is 15.3. The predicted octanol–water partition coefficient (Wildman–Crippen LogP) is 2.69. The number of hydrogen-bond acceptors (Lipinski definition) is 4. The zero-order chi connectivity index (χ0) is 16.7. The first kappa shape index (κ1) is 18.2. The van der Waals surface area contributed by atoms with Crippen LogP contribution in [0.5, 0.6) is 0 Å². The highest BCUT2D eigenvalue weighted by Crippen LogP contribution is 2.37. The zero-order valence-electron chi connectivity index (χ0n) is 13.7. The molecule has 0 fully saturated rings. The molecule has 1 aromatic carbocycles. The Kier molecular flexibility index (Phi) is 7.30. The van der Waals surface area contributed by atoms with Gasteiger partial charge in [-0.1, -0.05) is 24.3 Å². The average Bonchev–Trinajstić information content (AvgIpc) is 2.56. The van der Waals surface area contributed by atoms with E-state index in [2.05, 4.69) is 11.4 Å². The number of benzene rings is 1. The lowest BCUT2D eigenvalue weighted by atomic mass is 9.99. The van der Waals surface area contributed by atoms with Crippen molar-refractivity contribution < 1.29 is 9.59 Å². The molecule has 0 aliphatic carbocycles. The summed E-state index contributed by atoms with van der Waals surface area (Å²) < 4.78 is 0. The van der Waals surface area contributed by atoms with Crippen LogP contribution in [0.1, 0.15) is 29.3 Å². The van der Waals surface area contributed by atoms with Crippen molar-refractivity contribution in [1.29, 1.82) is 0 Å². The topological polar surface area (TPSA) is 49.4 Å². The van der Waals surface area contributed by atoms with Gasteiger partial charge in [-0.05, 0) is 30.1 Å². The van der Waals surface area contributed by atoms with Crippen molar-refractivity contribution in [2.45, 2.75) is 24.6 Å². The fourth-order valence-electron chi connectivity index (χ4n) is 2.76. The first-order valence-electron chi connectivity index (χ1n) is 7.83. The lowest BCUT2D eigenvalue weighted by Gasteiger charge is -2.36. The highest BCUT2D eigenvalue weighted by molar-refractivity contribution is 7.98. The largest absolute Gasteiger partial charge is 0.356 e. The molecule has 4 nitrogen and oxygen atoms in total. The molecule has 2 amide bonds. The van der Waals surface area contributed by atoms with E-state index in [0.29, 0.717) is 25.9 Å². The summed E-state index contributed by atoms with van der Waals surface area (Å²) in [4.78, 5) is 26.0. The fraction of sp³-hybridized carbons (Fsp3) is 0.529. The molecule has 0 radical (unpaired) electrons. The molecule has 126 valence electrons. The maximum absolute atomic E-state index is 12.4. The third kappa shape index (κ3) is 4.91. The van der Waals surface area contributed by atoms with Crippen molar-refractivity contribution in [1.82, 2.24) is 10.2 Å². The number of carbonyl (C=O) groups is 2. The molecule has 0 saturated heterocycles. The van der Waals surface area contributed by atoms with Crippen molar-refractivity contribution in [2.75, 3.05) is 31.4 Å². The van der Waals surface area contributed by atoms with E-state index in [1.807, 2.05) is 35.6 Å². The molecule has 1 N–H and O–H groups in total. The highest BCUT2D eigenvalue weighted by atomic mass is 32.2. The van der Waals surface area contributed by atoms with Gasteiger partial charge in [0.2, 0.25) is 11.8 Å². The van der Waals surface area contributed by atoms with Gasteiger partial charge in [-0.2, -0.15) is 11.8 Å². The highest BCUT2D eigenvalue weighted by Gasteiger charge is 2.31. The third-order valence-corrected chi connectivity index (χ3v) is 5.49. The molecule has 1 aliphatic rings. The van der Waals surface area contributed by atoms with Crippen LogP contribution in [0.4, 0.5) is 0 Å². The Labute approximate surface area is 146 Å². The van der Waals surface area contributed by atoms with Crippen LogP contribution >= 0.6 is 23.5 Å². The second-order valence-electron chi connectivity index (χ2n) is 5.50. The Balaban J connectivity index is 1.87. The van der Waals surface area contributed by atoms with Crippen LogP contribution in [0.25, 0.3) is 0 Å². The average molecular weight is 353 g/mol.